The minimum Gasteiger partial charge on any atom is -0.315 e. The van der Waals surface area contributed by atoms with E-state index < -0.39 is 0 Å². The monoisotopic (exact) mass is 310 g/mol. The smallest absolute Gasteiger partial charge is 0.0613 e. The molecule has 2 nitrogen and oxygen atoms in total. The van der Waals surface area contributed by atoms with Crippen molar-refractivity contribution in [2.24, 2.45) is 4.99 Å². The zero-order chi connectivity index (χ0) is 16.2. The summed E-state index contributed by atoms with van der Waals surface area (Å²) in [6.07, 6.45) is 4.92. The number of aliphatic imine (C=N–C) groups is 1. The predicted octanol–water partition coefficient (Wildman–Crippen LogP) is 5.34. The van der Waals surface area contributed by atoms with Crippen LogP contribution in [0, 0.1) is 0 Å². The summed E-state index contributed by atoms with van der Waals surface area (Å²) in [5.41, 5.74) is 5.72. The number of benzene rings is 3. The van der Waals surface area contributed by atoms with Crippen molar-refractivity contribution < 1.29 is 0 Å². The molecule has 3 aromatic carbocycles. The van der Waals surface area contributed by atoms with Gasteiger partial charge >= 0.3 is 0 Å². The lowest BCUT2D eigenvalue weighted by atomic mass is 10.1. The van der Waals surface area contributed by atoms with Crippen molar-refractivity contribution in [3.8, 4) is 0 Å². The summed E-state index contributed by atoms with van der Waals surface area (Å²) in [5, 5.41) is 0. The van der Waals surface area contributed by atoms with Crippen LogP contribution in [0.5, 0.6) is 0 Å². The second kappa shape index (κ2) is 6.55. The largest absolute Gasteiger partial charge is 0.315 e. The molecule has 0 fully saturated rings. The summed E-state index contributed by atoms with van der Waals surface area (Å²) < 4.78 is 0. The van der Waals surface area contributed by atoms with Crippen LogP contribution in [0.1, 0.15) is 11.1 Å². The Bertz CT molecular complexity index is 880. The number of hydrogen-bond acceptors (Lipinski definition) is 2. The first-order valence-electron chi connectivity index (χ1n) is 8.12. The Hall–Kier alpha value is -3.13. The van der Waals surface area contributed by atoms with Crippen LogP contribution in [0.2, 0.25) is 0 Å². The second-order valence-corrected chi connectivity index (χ2v) is 5.81. The Kier molecular flexibility index (Phi) is 3.95. The third kappa shape index (κ3) is 2.99. The first-order chi connectivity index (χ1) is 11.9. The number of hydrogen-bond donors (Lipinski definition) is 0. The number of para-hydroxylation sites is 2. The Balaban J connectivity index is 1.77. The molecule has 0 aromatic heterocycles. The maximum atomic E-state index is 4.73. The number of nitrogens with zero attached hydrogens (tertiary/aromatic N) is 2. The topological polar surface area (TPSA) is 15.6 Å². The van der Waals surface area contributed by atoms with Crippen LogP contribution in [0.15, 0.2) is 102 Å². The van der Waals surface area contributed by atoms with Crippen LogP contribution in [-0.4, -0.2) is 6.21 Å². The van der Waals surface area contributed by atoms with E-state index in [1.807, 2.05) is 18.3 Å². The van der Waals surface area contributed by atoms with Gasteiger partial charge in [0.05, 0.1) is 11.4 Å². The van der Waals surface area contributed by atoms with Crippen molar-refractivity contribution in [3.05, 3.63) is 108 Å². The number of fused-ring (bicyclic) bond motifs is 1. The highest BCUT2D eigenvalue weighted by molar-refractivity contribution is 5.92. The molecule has 0 N–H and O–H groups in total. The molecule has 0 saturated heterocycles. The lowest BCUT2D eigenvalue weighted by molar-refractivity contribution is 1.09. The lowest BCUT2D eigenvalue weighted by Gasteiger charge is -2.22. The second-order valence-electron chi connectivity index (χ2n) is 5.81. The van der Waals surface area contributed by atoms with Gasteiger partial charge in [-0.3, -0.25) is 4.99 Å². The fourth-order valence-electron chi connectivity index (χ4n) is 2.92. The van der Waals surface area contributed by atoms with E-state index in [4.69, 9.17) is 4.99 Å². The average molecular weight is 310 g/mol. The van der Waals surface area contributed by atoms with Crippen molar-refractivity contribution in [2.45, 2.75) is 6.42 Å². The molecule has 24 heavy (non-hydrogen) atoms. The average Bonchev–Trinajstić information content (AvgIpc) is 2.83. The quantitative estimate of drug-likeness (QED) is 0.637. The molecule has 0 saturated carbocycles. The molecule has 1 heterocycles. The van der Waals surface area contributed by atoms with Crippen LogP contribution in [0.25, 0.3) is 0 Å². The van der Waals surface area contributed by atoms with Gasteiger partial charge in [-0.2, -0.15) is 0 Å². The van der Waals surface area contributed by atoms with E-state index in [2.05, 4.69) is 83.9 Å². The van der Waals surface area contributed by atoms with Gasteiger partial charge in [-0.25, -0.2) is 0 Å². The van der Waals surface area contributed by atoms with Gasteiger partial charge in [0.1, 0.15) is 0 Å². The molecule has 4 rings (SSSR count). The van der Waals surface area contributed by atoms with Gasteiger partial charge in [0.2, 0.25) is 0 Å². The van der Waals surface area contributed by atoms with Crippen LogP contribution >= 0.6 is 0 Å². The maximum absolute atomic E-state index is 4.73. The number of allylic oxidation sites excluding steroid dienone is 1. The summed E-state index contributed by atoms with van der Waals surface area (Å²) in [6, 6.07) is 29.2. The predicted molar refractivity (Wildman–Crippen MR) is 101 cm³/mol. The molecular weight excluding hydrogens is 292 g/mol. The molecular formula is C22H18N2. The molecule has 116 valence electrons. The molecule has 0 atom stereocenters. The van der Waals surface area contributed by atoms with Crippen LogP contribution in [0.4, 0.5) is 11.4 Å². The highest BCUT2D eigenvalue weighted by atomic mass is 15.1. The minimum absolute atomic E-state index is 0.814. The van der Waals surface area contributed by atoms with E-state index in [1.165, 1.54) is 5.56 Å². The lowest BCUT2D eigenvalue weighted by Crippen LogP contribution is -2.10. The third-order valence-electron chi connectivity index (χ3n) is 4.11. The summed E-state index contributed by atoms with van der Waals surface area (Å²) in [7, 11) is 0. The minimum atomic E-state index is 0.814. The molecule has 0 spiro atoms. The van der Waals surface area contributed by atoms with Gasteiger partial charge < -0.3 is 4.90 Å². The normalized spacial score (nSPS) is 13.2. The van der Waals surface area contributed by atoms with Crippen molar-refractivity contribution in [1.29, 1.82) is 0 Å². The summed E-state index contributed by atoms with van der Waals surface area (Å²) in [4.78, 5) is 6.95. The van der Waals surface area contributed by atoms with Gasteiger partial charge in [0.25, 0.3) is 0 Å². The summed E-state index contributed by atoms with van der Waals surface area (Å²) in [6.45, 7) is 0. The molecule has 2 heteroatoms. The van der Waals surface area contributed by atoms with Crippen molar-refractivity contribution in [3.63, 3.8) is 0 Å². The van der Waals surface area contributed by atoms with Gasteiger partial charge in [0, 0.05) is 30.1 Å². The first kappa shape index (κ1) is 14.5. The zero-order valence-corrected chi connectivity index (χ0v) is 13.3. The van der Waals surface area contributed by atoms with Gasteiger partial charge in [-0.1, -0.05) is 66.7 Å². The molecule has 0 amide bonds. The molecule has 0 unspecified atom stereocenters. The van der Waals surface area contributed by atoms with E-state index in [-0.39, 0.29) is 0 Å². The van der Waals surface area contributed by atoms with E-state index in [0.717, 1.165) is 29.1 Å². The third-order valence-corrected chi connectivity index (χ3v) is 4.11. The van der Waals surface area contributed by atoms with E-state index in [0.29, 0.717) is 0 Å². The van der Waals surface area contributed by atoms with Crippen LogP contribution in [0.3, 0.4) is 0 Å². The van der Waals surface area contributed by atoms with Gasteiger partial charge in [0.15, 0.2) is 0 Å². The number of anilines is 2. The summed E-state index contributed by atoms with van der Waals surface area (Å²) in [5.74, 6) is 0. The van der Waals surface area contributed by atoms with Gasteiger partial charge in [-0.05, 0) is 23.8 Å². The maximum Gasteiger partial charge on any atom is 0.0613 e. The van der Waals surface area contributed by atoms with E-state index in [1.54, 1.807) is 0 Å². The Morgan fingerprint density at radius 2 is 1.38 bits per heavy atom. The Morgan fingerprint density at radius 1 is 0.708 bits per heavy atom. The molecule has 0 bridgehead atoms. The molecule has 0 radical (unpaired) electrons. The van der Waals surface area contributed by atoms with Crippen molar-refractivity contribution in [1.82, 2.24) is 0 Å². The van der Waals surface area contributed by atoms with Crippen LogP contribution < -0.4 is 4.90 Å². The Labute approximate surface area is 142 Å². The molecule has 3 aromatic rings. The van der Waals surface area contributed by atoms with Crippen molar-refractivity contribution >= 4 is 17.6 Å². The van der Waals surface area contributed by atoms with Crippen LogP contribution in [-0.2, 0) is 6.42 Å². The SMILES string of the molecule is C1=NC(Cc2ccccc2)=CN(c2ccccc2)c2ccccc21. The van der Waals surface area contributed by atoms with Gasteiger partial charge in [-0.15, -0.1) is 0 Å². The number of rotatable bonds is 3. The summed E-state index contributed by atoms with van der Waals surface area (Å²) >= 11 is 0. The van der Waals surface area contributed by atoms with Crippen molar-refractivity contribution in [2.75, 3.05) is 4.90 Å². The van der Waals surface area contributed by atoms with E-state index >= 15 is 0 Å². The fourth-order valence-corrected chi connectivity index (χ4v) is 2.92. The molecule has 1 aliphatic heterocycles. The molecule has 1 aliphatic rings. The first-order valence-corrected chi connectivity index (χ1v) is 8.12. The zero-order valence-electron chi connectivity index (χ0n) is 13.3. The standard InChI is InChI=1S/C22H18N2/c1-3-9-18(10-4-1)15-20-17-24(21-12-5-2-6-13-21)22-14-8-7-11-19(22)16-23-20/h1-14,16-17H,15H2. The van der Waals surface area contributed by atoms with E-state index in [9.17, 15) is 0 Å². The fraction of sp³-hybridized carbons (Fsp3) is 0.0455. The Morgan fingerprint density at radius 3 is 2.17 bits per heavy atom. The highest BCUT2D eigenvalue weighted by Crippen LogP contribution is 2.31. The highest BCUT2D eigenvalue weighted by Gasteiger charge is 2.14. The molecule has 0 aliphatic carbocycles.